The Morgan fingerprint density at radius 3 is 2.82 bits per heavy atom. The van der Waals surface area contributed by atoms with E-state index in [1.807, 2.05) is 13.0 Å². The molecule has 0 aliphatic carbocycles. The van der Waals surface area contributed by atoms with Crippen molar-refractivity contribution in [3.63, 3.8) is 0 Å². The van der Waals surface area contributed by atoms with Crippen molar-refractivity contribution in [1.29, 1.82) is 0 Å². The molecular formula is C16H22N5O+. The Morgan fingerprint density at radius 2 is 2.05 bits per heavy atom. The van der Waals surface area contributed by atoms with Crippen LogP contribution in [0.5, 0.6) is 0 Å². The molecule has 0 fully saturated rings. The molecule has 0 saturated carbocycles. The summed E-state index contributed by atoms with van der Waals surface area (Å²) >= 11 is 0. The first-order valence-electron chi connectivity index (χ1n) is 7.60. The number of aryl methyl sites for hydroxylation is 2. The number of hydrogen-bond acceptors (Lipinski definition) is 5. The largest absolute Gasteiger partial charge is 0.432 e. The first kappa shape index (κ1) is 14.7. The van der Waals surface area contributed by atoms with E-state index in [4.69, 9.17) is 4.42 Å². The molecule has 0 radical (unpaired) electrons. The standard InChI is InChI=1S/C16H21N5O/c1-10-8-11(2)20-16-12(10)13-14(22-16)15(19-9-18-13)17-6-5-7-21(3)4/h8-9H,5-7H2,1-4H3,(H,17,18,19)/p+1. The van der Waals surface area contributed by atoms with E-state index >= 15 is 0 Å². The Kier molecular flexibility index (Phi) is 3.94. The van der Waals surface area contributed by atoms with Gasteiger partial charge in [-0.15, -0.1) is 0 Å². The molecule has 0 bridgehead atoms. The van der Waals surface area contributed by atoms with Crippen LogP contribution in [-0.4, -0.2) is 42.1 Å². The molecule has 0 aromatic carbocycles. The van der Waals surface area contributed by atoms with E-state index in [1.165, 1.54) is 4.90 Å². The molecule has 22 heavy (non-hydrogen) atoms. The van der Waals surface area contributed by atoms with Gasteiger partial charge in [0.15, 0.2) is 11.4 Å². The highest BCUT2D eigenvalue weighted by atomic mass is 16.3. The van der Waals surface area contributed by atoms with Crippen molar-refractivity contribution < 1.29 is 9.32 Å². The second kappa shape index (κ2) is 5.88. The lowest BCUT2D eigenvalue weighted by Gasteiger charge is -2.08. The highest BCUT2D eigenvalue weighted by Crippen LogP contribution is 2.31. The Morgan fingerprint density at radius 1 is 1.23 bits per heavy atom. The zero-order valence-electron chi connectivity index (χ0n) is 13.5. The first-order valence-corrected chi connectivity index (χ1v) is 7.60. The quantitative estimate of drug-likeness (QED) is 0.696. The number of nitrogens with one attached hydrogen (secondary N) is 2. The minimum atomic E-state index is 0.633. The van der Waals surface area contributed by atoms with Crippen molar-refractivity contribution >= 4 is 28.0 Å². The minimum Gasteiger partial charge on any atom is -0.432 e. The number of anilines is 1. The number of aromatic nitrogens is 3. The molecule has 116 valence electrons. The summed E-state index contributed by atoms with van der Waals surface area (Å²) in [5.74, 6) is 0.744. The fourth-order valence-corrected chi connectivity index (χ4v) is 2.68. The van der Waals surface area contributed by atoms with Crippen molar-refractivity contribution in [3.05, 3.63) is 23.7 Å². The maximum absolute atomic E-state index is 5.92. The van der Waals surface area contributed by atoms with Gasteiger partial charge in [-0.25, -0.2) is 15.0 Å². The highest BCUT2D eigenvalue weighted by Gasteiger charge is 2.16. The van der Waals surface area contributed by atoms with E-state index in [0.29, 0.717) is 11.3 Å². The Hall–Kier alpha value is -2.21. The second-order valence-electron chi connectivity index (χ2n) is 6.00. The molecule has 3 heterocycles. The molecule has 6 nitrogen and oxygen atoms in total. The van der Waals surface area contributed by atoms with E-state index in [0.717, 1.165) is 47.5 Å². The average Bonchev–Trinajstić information content (AvgIpc) is 2.82. The Balaban J connectivity index is 1.96. The van der Waals surface area contributed by atoms with Gasteiger partial charge in [-0.05, 0) is 25.5 Å². The van der Waals surface area contributed by atoms with Gasteiger partial charge in [-0.1, -0.05) is 0 Å². The van der Waals surface area contributed by atoms with E-state index in [2.05, 4.69) is 41.3 Å². The van der Waals surface area contributed by atoms with Crippen LogP contribution >= 0.6 is 0 Å². The van der Waals surface area contributed by atoms with Crippen molar-refractivity contribution in [2.75, 3.05) is 32.5 Å². The highest BCUT2D eigenvalue weighted by molar-refractivity contribution is 6.05. The third kappa shape index (κ3) is 2.74. The number of furan rings is 1. The summed E-state index contributed by atoms with van der Waals surface area (Å²) in [6.45, 7) is 6.00. The molecule has 0 atom stereocenters. The summed E-state index contributed by atoms with van der Waals surface area (Å²) in [4.78, 5) is 14.6. The van der Waals surface area contributed by atoms with Gasteiger partial charge in [0, 0.05) is 18.7 Å². The Labute approximate surface area is 129 Å². The lowest BCUT2D eigenvalue weighted by molar-refractivity contribution is -0.858. The van der Waals surface area contributed by atoms with Crippen LogP contribution in [0.2, 0.25) is 0 Å². The number of quaternary nitrogens is 1. The van der Waals surface area contributed by atoms with Gasteiger partial charge < -0.3 is 14.6 Å². The number of pyridine rings is 1. The maximum Gasteiger partial charge on any atom is 0.229 e. The summed E-state index contributed by atoms with van der Waals surface area (Å²) in [6, 6.07) is 2.05. The normalized spacial score (nSPS) is 11.7. The zero-order chi connectivity index (χ0) is 15.7. The Bertz CT molecular complexity index is 809. The molecule has 0 unspecified atom stereocenters. The van der Waals surface area contributed by atoms with E-state index in [9.17, 15) is 0 Å². The lowest BCUT2D eigenvalue weighted by Crippen LogP contribution is -3.05. The monoisotopic (exact) mass is 300 g/mol. The molecule has 0 saturated heterocycles. The van der Waals surface area contributed by atoms with Gasteiger partial charge in [0.25, 0.3) is 0 Å². The fraction of sp³-hybridized carbons (Fsp3) is 0.438. The number of nitrogens with zero attached hydrogens (tertiary/aromatic N) is 3. The van der Waals surface area contributed by atoms with Crippen LogP contribution in [0, 0.1) is 13.8 Å². The molecule has 3 rings (SSSR count). The topological polar surface area (TPSA) is 68.3 Å². The SMILES string of the molecule is Cc1cc(C)c2c(n1)oc1c(NCCC[NH+](C)C)ncnc12. The van der Waals surface area contributed by atoms with Crippen LogP contribution in [0.4, 0.5) is 5.82 Å². The molecule has 0 spiro atoms. The van der Waals surface area contributed by atoms with Crippen molar-refractivity contribution in [1.82, 2.24) is 15.0 Å². The van der Waals surface area contributed by atoms with Gasteiger partial charge in [0.1, 0.15) is 11.8 Å². The number of fused-ring (bicyclic) bond motifs is 3. The molecule has 6 heteroatoms. The van der Waals surface area contributed by atoms with Crippen LogP contribution in [0.15, 0.2) is 16.8 Å². The van der Waals surface area contributed by atoms with Gasteiger partial charge in [-0.2, -0.15) is 0 Å². The molecule has 0 aliphatic rings. The summed E-state index contributed by atoms with van der Waals surface area (Å²) < 4.78 is 5.92. The molecule has 0 aliphatic heterocycles. The van der Waals surface area contributed by atoms with Crippen molar-refractivity contribution in [3.8, 4) is 0 Å². The predicted molar refractivity (Wildman–Crippen MR) is 87.4 cm³/mol. The molecule has 3 aromatic heterocycles. The zero-order valence-corrected chi connectivity index (χ0v) is 13.5. The third-order valence-electron chi connectivity index (χ3n) is 3.70. The average molecular weight is 300 g/mol. The van der Waals surface area contributed by atoms with Gasteiger partial charge in [-0.3, -0.25) is 0 Å². The summed E-state index contributed by atoms with van der Waals surface area (Å²) in [6.07, 6.45) is 2.65. The second-order valence-corrected chi connectivity index (χ2v) is 6.00. The van der Waals surface area contributed by atoms with E-state index in [1.54, 1.807) is 6.33 Å². The van der Waals surface area contributed by atoms with Crippen molar-refractivity contribution in [2.24, 2.45) is 0 Å². The first-order chi connectivity index (χ1) is 10.6. The number of rotatable bonds is 5. The van der Waals surface area contributed by atoms with Crippen LogP contribution in [0.25, 0.3) is 22.2 Å². The van der Waals surface area contributed by atoms with Gasteiger partial charge >= 0.3 is 0 Å². The van der Waals surface area contributed by atoms with Crippen LogP contribution in [0.3, 0.4) is 0 Å². The van der Waals surface area contributed by atoms with E-state index < -0.39 is 0 Å². The maximum atomic E-state index is 5.92. The molecule has 2 N–H and O–H groups in total. The summed E-state index contributed by atoms with van der Waals surface area (Å²) in [5, 5.41) is 4.33. The predicted octanol–water partition coefficient (Wildman–Crippen LogP) is 1.33. The smallest absolute Gasteiger partial charge is 0.229 e. The lowest BCUT2D eigenvalue weighted by atomic mass is 10.1. The van der Waals surface area contributed by atoms with Crippen LogP contribution in [-0.2, 0) is 0 Å². The van der Waals surface area contributed by atoms with Crippen molar-refractivity contribution in [2.45, 2.75) is 20.3 Å². The molecule has 3 aromatic rings. The molecular weight excluding hydrogens is 278 g/mol. The third-order valence-corrected chi connectivity index (χ3v) is 3.70. The van der Waals surface area contributed by atoms with Crippen LogP contribution in [0.1, 0.15) is 17.7 Å². The summed E-state index contributed by atoms with van der Waals surface area (Å²) in [7, 11) is 4.30. The van der Waals surface area contributed by atoms with E-state index in [-0.39, 0.29) is 0 Å². The molecule has 0 amide bonds. The minimum absolute atomic E-state index is 0.633. The number of hydrogen-bond donors (Lipinski definition) is 2. The van der Waals surface area contributed by atoms with Crippen LogP contribution < -0.4 is 10.2 Å². The van der Waals surface area contributed by atoms with Gasteiger partial charge in [0.2, 0.25) is 5.71 Å². The fourth-order valence-electron chi connectivity index (χ4n) is 2.68. The summed E-state index contributed by atoms with van der Waals surface area (Å²) in [5.41, 5.74) is 4.23. The van der Waals surface area contributed by atoms with Gasteiger partial charge in [0.05, 0.1) is 26.0 Å².